The molecule has 0 fully saturated rings. The van der Waals surface area contributed by atoms with Crippen LogP contribution in [0.15, 0.2) is 59.6 Å². The quantitative estimate of drug-likeness (QED) is 0.935. The summed E-state index contributed by atoms with van der Waals surface area (Å²) >= 11 is 0. The van der Waals surface area contributed by atoms with Gasteiger partial charge in [0.15, 0.2) is 0 Å². The smallest absolute Gasteiger partial charge is 0.114 e. The summed E-state index contributed by atoms with van der Waals surface area (Å²) in [7, 11) is 0. The molecule has 1 unspecified atom stereocenters. The van der Waals surface area contributed by atoms with Crippen molar-refractivity contribution in [2.24, 2.45) is 4.99 Å². The molecule has 2 aromatic carbocycles. The van der Waals surface area contributed by atoms with Gasteiger partial charge < -0.3 is 10.0 Å². The zero-order valence-corrected chi connectivity index (χ0v) is 13.2. The minimum absolute atomic E-state index is 0.639. The Hall–Kier alpha value is -2.13. The van der Waals surface area contributed by atoms with E-state index in [0.717, 1.165) is 35.7 Å². The van der Waals surface area contributed by atoms with Crippen LogP contribution in [0.4, 0.5) is 5.69 Å². The van der Waals surface area contributed by atoms with Crippen molar-refractivity contribution in [3.63, 3.8) is 0 Å². The molecule has 2 aromatic rings. The third kappa shape index (κ3) is 2.53. The van der Waals surface area contributed by atoms with E-state index in [2.05, 4.69) is 22.0 Å². The van der Waals surface area contributed by atoms with Crippen LogP contribution >= 0.6 is 0 Å². The fourth-order valence-corrected chi connectivity index (χ4v) is 3.08. The zero-order valence-electron chi connectivity index (χ0n) is 13.2. The first kappa shape index (κ1) is 14.8. The highest BCUT2D eigenvalue weighted by Crippen LogP contribution is 2.33. The van der Waals surface area contributed by atoms with Crippen LogP contribution in [-0.2, 0) is 5.60 Å². The lowest BCUT2D eigenvalue weighted by molar-refractivity contribution is 0.0765. The van der Waals surface area contributed by atoms with Gasteiger partial charge in [-0.3, -0.25) is 4.99 Å². The van der Waals surface area contributed by atoms with Gasteiger partial charge >= 0.3 is 0 Å². The molecule has 0 saturated carbocycles. The molecule has 0 amide bonds. The predicted molar refractivity (Wildman–Crippen MR) is 91.5 cm³/mol. The Kier molecular flexibility index (Phi) is 3.99. The summed E-state index contributed by atoms with van der Waals surface area (Å²) in [4.78, 5) is 6.63. The summed E-state index contributed by atoms with van der Waals surface area (Å²) < 4.78 is 0. The summed E-state index contributed by atoms with van der Waals surface area (Å²) in [5.74, 6) is 1.06. The van der Waals surface area contributed by atoms with Crippen molar-refractivity contribution in [3.8, 4) is 0 Å². The van der Waals surface area contributed by atoms with Gasteiger partial charge in [-0.25, -0.2) is 0 Å². The standard InChI is InChI=1S/C19H22N2O/c1-3-19(22,16-7-5-4-6-8-16)17-9-11-18(12-10-17)21-14-13-20-15(21)2/h4-12,22H,3,13-14H2,1-2H3. The van der Waals surface area contributed by atoms with E-state index in [1.54, 1.807) is 0 Å². The zero-order chi connectivity index (χ0) is 15.6. The van der Waals surface area contributed by atoms with Crippen LogP contribution in [0, 0.1) is 0 Å². The van der Waals surface area contributed by atoms with Crippen molar-refractivity contribution >= 4 is 11.5 Å². The van der Waals surface area contributed by atoms with Crippen LogP contribution in [0.2, 0.25) is 0 Å². The molecule has 114 valence electrons. The molecule has 3 nitrogen and oxygen atoms in total. The minimum atomic E-state index is -0.937. The Labute approximate surface area is 131 Å². The molecule has 0 spiro atoms. The largest absolute Gasteiger partial charge is 0.380 e. The van der Waals surface area contributed by atoms with E-state index in [9.17, 15) is 5.11 Å². The molecule has 3 rings (SSSR count). The Morgan fingerprint density at radius 3 is 2.23 bits per heavy atom. The van der Waals surface area contributed by atoms with Crippen molar-refractivity contribution in [1.82, 2.24) is 0 Å². The lowest BCUT2D eigenvalue weighted by Crippen LogP contribution is -2.27. The van der Waals surface area contributed by atoms with Gasteiger partial charge in [-0.05, 0) is 36.6 Å². The second kappa shape index (κ2) is 5.93. The van der Waals surface area contributed by atoms with Crippen LogP contribution in [0.25, 0.3) is 0 Å². The molecule has 1 aliphatic rings. The van der Waals surface area contributed by atoms with E-state index in [4.69, 9.17) is 0 Å². The Morgan fingerprint density at radius 2 is 1.68 bits per heavy atom. The van der Waals surface area contributed by atoms with E-state index < -0.39 is 5.60 Å². The first-order chi connectivity index (χ1) is 10.6. The van der Waals surface area contributed by atoms with E-state index in [1.165, 1.54) is 0 Å². The second-order valence-electron chi connectivity index (χ2n) is 5.71. The Bertz CT molecular complexity index is 664. The maximum atomic E-state index is 11.1. The monoisotopic (exact) mass is 294 g/mol. The maximum absolute atomic E-state index is 11.1. The average molecular weight is 294 g/mol. The molecular weight excluding hydrogens is 272 g/mol. The van der Waals surface area contributed by atoms with Crippen molar-refractivity contribution in [2.75, 3.05) is 18.0 Å². The molecule has 0 saturated heterocycles. The third-order valence-electron chi connectivity index (χ3n) is 4.47. The van der Waals surface area contributed by atoms with Gasteiger partial charge in [-0.2, -0.15) is 0 Å². The number of amidine groups is 1. The highest BCUT2D eigenvalue weighted by atomic mass is 16.3. The highest BCUT2D eigenvalue weighted by molar-refractivity contribution is 5.97. The number of hydrogen-bond acceptors (Lipinski definition) is 3. The van der Waals surface area contributed by atoms with Crippen LogP contribution in [0.5, 0.6) is 0 Å². The first-order valence-corrected chi connectivity index (χ1v) is 7.82. The number of benzene rings is 2. The lowest BCUT2D eigenvalue weighted by atomic mass is 9.84. The second-order valence-corrected chi connectivity index (χ2v) is 5.71. The van der Waals surface area contributed by atoms with Crippen molar-refractivity contribution in [2.45, 2.75) is 25.9 Å². The van der Waals surface area contributed by atoms with Crippen LogP contribution in [-0.4, -0.2) is 24.0 Å². The molecular formula is C19H22N2O. The van der Waals surface area contributed by atoms with Crippen LogP contribution in [0.1, 0.15) is 31.4 Å². The third-order valence-corrected chi connectivity index (χ3v) is 4.47. The van der Waals surface area contributed by atoms with E-state index in [-0.39, 0.29) is 0 Å². The summed E-state index contributed by atoms with van der Waals surface area (Å²) in [6.45, 7) is 5.84. The lowest BCUT2D eigenvalue weighted by Gasteiger charge is -2.29. The Balaban J connectivity index is 1.92. The predicted octanol–water partition coefficient (Wildman–Crippen LogP) is 3.57. The summed E-state index contributed by atoms with van der Waals surface area (Å²) in [5.41, 5.74) is 2.06. The number of nitrogens with zero attached hydrogens (tertiary/aromatic N) is 2. The highest BCUT2D eigenvalue weighted by Gasteiger charge is 2.29. The van der Waals surface area contributed by atoms with Crippen LogP contribution in [0.3, 0.4) is 0 Å². The average Bonchev–Trinajstić information content (AvgIpc) is 3.01. The van der Waals surface area contributed by atoms with Gasteiger partial charge in [0.25, 0.3) is 0 Å². The molecule has 1 heterocycles. The fourth-order valence-electron chi connectivity index (χ4n) is 3.08. The van der Waals surface area contributed by atoms with Gasteiger partial charge in [-0.1, -0.05) is 49.4 Å². The molecule has 1 atom stereocenters. The number of rotatable bonds is 4. The van der Waals surface area contributed by atoms with E-state index in [1.807, 2.05) is 56.3 Å². The first-order valence-electron chi connectivity index (χ1n) is 7.82. The van der Waals surface area contributed by atoms with Crippen molar-refractivity contribution in [3.05, 3.63) is 65.7 Å². The topological polar surface area (TPSA) is 35.8 Å². The number of anilines is 1. The minimum Gasteiger partial charge on any atom is -0.380 e. The van der Waals surface area contributed by atoms with E-state index in [0.29, 0.717) is 6.42 Å². The van der Waals surface area contributed by atoms with E-state index >= 15 is 0 Å². The van der Waals surface area contributed by atoms with Crippen molar-refractivity contribution in [1.29, 1.82) is 0 Å². The van der Waals surface area contributed by atoms with Crippen LogP contribution < -0.4 is 4.90 Å². The molecule has 1 aliphatic heterocycles. The molecule has 0 bridgehead atoms. The molecule has 0 radical (unpaired) electrons. The number of aliphatic imine (C=N–C) groups is 1. The van der Waals surface area contributed by atoms with Gasteiger partial charge in [0.1, 0.15) is 11.4 Å². The van der Waals surface area contributed by atoms with Gasteiger partial charge in [0.05, 0.1) is 6.54 Å². The molecule has 22 heavy (non-hydrogen) atoms. The normalized spacial score (nSPS) is 17.2. The Morgan fingerprint density at radius 1 is 1.05 bits per heavy atom. The molecule has 3 heteroatoms. The summed E-state index contributed by atoms with van der Waals surface area (Å²) in [6, 6.07) is 18.1. The summed E-state index contributed by atoms with van der Waals surface area (Å²) in [5, 5.41) is 11.1. The summed E-state index contributed by atoms with van der Waals surface area (Å²) in [6.07, 6.45) is 0.639. The van der Waals surface area contributed by atoms with Gasteiger partial charge in [-0.15, -0.1) is 0 Å². The molecule has 0 aromatic heterocycles. The van der Waals surface area contributed by atoms with Gasteiger partial charge in [0, 0.05) is 12.2 Å². The maximum Gasteiger partial charge on any atom is 0.114 e. The van der Waals surface area contributed by atoms with Crippen molar-refractivity contribution < 1.29 is 5.11 Å². The van der Waals surface area contributed by atoms with Gasteiger partial charge in [0.2, 0.25) is 0 Å². The number of aliphatic hydroxyl groups is 1. The molecule has 1 N–H and O–H groups in total. The fraction of sp³-hybridized carbons (Fsp3) is 0.316. The number of hydrogen-bond donors (Lipinski definition) is 1. The molecule has 0 aliphatic carbocycles. The SMILES string of the molecule is CCC(O)(c1ccccc1)c1ccc(N2CCN=C2C)cc1.